The zero-order valence-corrected chi connectivity index (χ0v) is 13.9. The Labute approximate surface area is 134 Å². The summed E-state index contributed by atoms with van der Waals surface area (Å²) in [5.74, 6) is 1.76. The summed E-state index contributed by atoms with van der Waals surface area (Å²) in [4.78, 5) is 0. The summed E-state index contributed by atoms with van der Waals surface area (Å²) in [6.45, 7) is 3.50. The van der Waals surface area contributed by atoms with Gasteiger partial charge < -0.3 is 14.8 Å². The van der Waals surface area contributed by atoms with Gasteiger partial charge in [-0.15, -0.1) is 0 Å². The first-order valence-corrected chi connectivity index (χ1v) is 7.82. The average molecular weight is 350 g/mol. The van der Waals surface area contributed by atoms with Crippen molar-refractivity contribution >= 4 is 21.6 Å². The van der Waals surface area contributed by atoms with Gasteiger partial charge in [-0.25, -0.2) is 0 Å². The van der Waals surface area contributed by atoms with Gasteiger partial charge in [0.25, 0.3) is 0 Å². The Bertz CT molecular complexity index is 587. The highest BCUT2D eigenvalue weighted by Crippen LogP contribution is 2.27. The third-order valence-corrected chi connectivity index (χ3v) is 3.55. The molecule has 0 aliphatic heterocycles. The Morgan fingerprint density at radius 3 is 2.67 bits per heavy atom. The van der Waals surface area contributed by atoms with E-state index in [4.69, 9.17) is 9.47 Å². The predicted octanol–water partition coefficient (Wildman–Crippen LogP) is 4.86. The van der Waals surface area contributed by atoms with Gasteiger partial charge in [0.15, 0.2) is 0 Å². The number of benzene rings is 2. The first-order valence-electron chi connectivity index (χ1n) is 7.02. The summed E-state index contributed by atoms with van der Waals surface area (Å²) in [7, 11) is 1.69. The number of hydrogen-bond donors (Lipinski definition) is 1. The van der Waals surface area contributed by atoms with Gasteiger partial charge in [-0.05, 0) is 36.8 Å². The van der Waals surface area contributed by atoms with Gasteiger partial charge in [0.05, 0.1) is 19.4 Å². The standard InChI is InChI=1S/C17H20BrNO2/c1-3-10-21-17-7-5-4-6-15(17)19-12-13-11-14(18)8-9-16(13)20-2/h4-9,11,19H,3,10,12H2,1-2H3. The minimum atomic E-state index is 0.676. The molecule has 0 saturated carbocycles. The molecule has 2 aromatic rings. The van der Waals surface area contributed by atoms with Crippen LogP contribution in [0.25, 0.3) is 0 Å². The Kier molecular flexibility index (Phi) is 5.93. The van der Waals surface area contributed by atoms with Gasteiger partial charge >= 0.3 is 0 Å². The van der Waals surface area contributed by atoms with Crippen molar-refractivity contribution in [3.05, 3.63) is 52.5 Å². The van der Waals surface area contributed by atoms with Crippen LogP contribution in [-0.2, 0) is 6.54 Å². The largest absolute Gasteiger partial charge is 0.496 e. The highest BCUT2D eigenvalue weighted by atomic mass is 79.9. The van der Waals surface area contributed by atoms with Gasteiger partial charge in [0.2, 0.25) is 0 Å². The Morgan fingerprint density at radius 2 is 1.90 bits per heavy atom. The molecule has 0 aromatic heterocycles. The summed E-state index contributed by atoms with van der Waals surface area (Å²) in [5.41, 5.74) is 2.09. The number of para-hydroxylation sites is 2. The maximum Gasteiger partial charge on any atom is 0.142 e. The topological polar surface area (TPSA) is 30.5 Å². The molecule has 2 aromatic carbocycles. The molecule has 0 bridgehead atoms. The molecule has 0 aliphatic carbocycles. The quantitative estimate of drug-likeness (QED) is 0.774. The fourth-order valence-corrected chi connectivity index (χ4v) is 2.43. The molecule has 0 fully saturated rings. The second-order valence-electron chi connectivity index (χ2n) is 4.65. The lowest BCUT2D eigenvalue weighted by Gasteiger charge is -2.14. The van der Waals surface area contributed by atoms with Crippen molar-refractivity contribution < 1.29 is 9.47 Å². The normalized spacial score (nSPS) is 10.2. The molecule has 0 unspecified atom stereocenters. The van der Waals surface area contributed by atoms with Crippen LogP contribution in [0.5, 0.6) is 11.5 Å². The van der Waals surface area contributed by atoms with Crippen LogP contribution in [0.15, 0.2) is 46.9 Å². The highest BCUT2D eigenvalue weighted by Gasteiger charge is 2.06. The van der Waals surface area contributed by atoms with E-state index in [0.717, 1.165) is 40.3 Å². The second-order valence-corrected chi connectivity index (χ2v) is 5.57. The van der Waals surface area contributed by atoms with Gasteiger partial charge in [0.1, 0.15) is 11.5 Å². The third kappa shape index (κ3) is 4.39. The van der Waals surface area contributed by atoms with E-state index in [9.17, 15) is 0 Å². The lowest BCUT2D eigenvalue weighted by Crippen LogP contribution is -2.04. The van der Waals surface area contributed by atoms with Crippen LogP contribution in [0, 0.1) is 0 Å². The molecule has 0 heterocycles. The van der Waals surface area contributed by atoms with Crippen LogP contribution in [0.4, 0.5) is 5.69 Å². The maximum atomic E-state index is 5.75. The summed E-state index contributed by atoms with van der Waals surface area (Å²) < 4.78 is 12.2. The van der Waals surface area contributed by atoms with Gasteiger partial charge in [-0.3, -0.25) is 0 Å². The SMILES string of the molecule is CCCOc1ccccc1NCc1cc(Br)ccc1OC. The molecule has 0 aliphatic rings. The molecule has 112 valence electrons. The molecular formula is C17H20BrNO2. The van der Waals surface area contributed by atoms with Crippen molar-refractivity contribution in [1.29, 1.82) is 0 Å². The van der Waals surface area contributed by atoms with Crippen LogP contribution >= 0.6 is 15.9 Å². The molecule has 0 saturated heterocycles. The molecule has 2 rings (SSSR count). The van der Waals surface area contributed by atoms with Crippen molar-refractivity contribution in [2.45, 2.75) is 19.9 Å². The zero-order valence-electron chi connectivity index (χ0n) is 12.4. The van der Waals surface area contributed by atoms with E-state index >= 15 is 0 Å². The number of halogens is 1. The van der Waals surface area contributed by atoms with Crippen LogP contribution in [0.3, 0.4) is 0 Å². The Hall–Kier alpha value is -1.68. The number of nitrogens with one attached hydrogen (secondary N) is 1. The number of hydrogen-bond acceptors (Lipinski definition) is 3. The van der Waals surface area contributed by atoms with Crippen molar-refractivity contribution in [2.75, 3.05) is 19.0 Å². The number of ether oxygens (including phenoxy) is 2. The van der Waals surface area contributed by atoms with Crippen molar-refractivity contribution in [2.24, 2.45) is 0 Å². The van der Waals surface area contributed by atoms with Crippen LogP contribution < -0.4 is 14.8 Å². The average Bonchev–Trinajstić information content (AvgIpc) is 2.52. The van der Waals surface area contributed by atoms with E-state index in [2.05, 4.69) is 34.2 Å². The van der Waals surface area contributed by atoms with Crippen LogP contribution in [0.2, 0.25) is 0 Å². The van der Waals surface area contributed by atoms with Crippen molar-refractivity contribution in [1.82, 2.24) is 0 Å². The van der Waals surface area contributed by atoms with Crippen molar-refractivity contribution in [3.8, 4) is 11.5 Å². The zero-order chi connectivity index (χ0) is 15.1. The van der Waals surface area contributed by atoms with Crippen molar-refractivity contribution in [3.63, 3.8) is 0 Å². The molecule has 1 N–H and O–H groups in total. The fourth-order valence-electron chi connectivity index (χ4n) is 2.03. The predicted molar refractivity (Wildman–Crippen MR) is 90.2 cm³/mol. The molecule has 0 atom stereocenters. The number of anilines is 1. The Morgan fingerprint density at radius 1 is 1.10 bits per heavy atom. The lowest BCUT2D eigenvalue weighted by atomic mass is 10.2. The van der Waals surface area contributed by atoms with Gasteiger partial charge in [-0.2, -0.15) is 0 Å². The fraction of sp³-hybridized carbons (Fsp3) is 0.294. The monoisotopic (exact) mass is 349 g/mol. The third-order valence-electron chi connectivity index (χ3n) is 3.06. The summed E-state index contributed by atoms with van der Waals surface area (Å²) in [5, 5.41) is 3.41. The van der Waals surface area contributed by atoms with E-state index in [-0.39, 0.29) is 0 Å². The molecular weight excluding hydrogens is 330 g/mol. The van der Waals surface area contributed by atoms with Crippen LogP contribution in [-0.4, -0.2) is 13.7 Å². The minimum Gasteiger partial charge on any atom is -0.496 e. The van der Waals surface area contributed by atoms with E-state index < -0.39 is 0 Å². The minimum absolute atomic E-state index is 0.676. The summed E-state index contributed by atoms with van der Waals surface area (Å²) in [6.07, 6.45) is 0.994. The van der Waals surface area contributed by atoms with E-state index in [0.29, 0.717) is 6.54 Å². The first-order chi connectivity index (χ1) is 10.2. The summed E-state index contributed by atoms with van der Waals surface area (Å²) in [6, 6.07) is 14.0. The summed E-state index contributed by atoms with van der Waals surface area (Å²) >= 11 is 3.49. The molecule has 3 nitrogen and oxygen atoms in total. The van der Waals surface area contributed by atoms with Gasteiger partial charge in [0, 0.05) is 16.6 Å². The highest BCUT2D eigenvalue weighted by molar-refractivity contribution is 9.10. The lowest BCUT2D eigenvalue weighted by molar-refractivity contribution is 0.319. The smallest absolute Gasteiger partial charge is 0.142 e. The maximum absolute atomic E-state index is 5.75. The van der Waals surface area contributed by atoms with Crippen LogP contribution in [0.1, 0.15) is 18.9 Å². The van der Waals surface area contributed by atoms with E-state index in [1.807, 2.05) is 36.4 Å². The molecule has 0 radical (unpaired) electrons. The molecule has 21 heavy (non-hydrogen) atoms. The van der Waals surface area contributed by atoms with E-state index in [1.54, 1.807) is 7.11 Å². The first kappa shape index (κ1) is 15.7. The number of methoxy groups -OCH3 is 1. The second kappa shape index (κ2) is 7.93. The Balaban J connectivity index is 2.11. The van der Waals surface area contributed by atoms with Gasteiger partial charge in [-0.1, -0.05) is 35.0 Å². The number of rotatable bonds is 7. The molecule has 4 heteroatoms. The van der Waals surface area contributed by atoms with E-state index in [1.165, 1.54) is 0 Å². The molecule has 0 amide bonds. The molecule has 0 spiro atoms.